The molecule has 13 atom stereocenters. The summed E-state index contributed by atoms with van der Waals surface area (Å²) in [5.74, 6) is 0. The number of rotatable bonds is 5. The van der Waals surface area contributed by atoms with Crippen LogP contribution in [0.4, 0.5) is 0 Å². The van der Waals surface area contributed by atoms with E-state index < -0.39 is 86.5 Å². The van der Waals surface area contributed by atoms with E-state index in [4.69, 9.17) is 23.7 Å². The van der Waals surface area contributed by atoms with E-state index in [-0.39, 0.29) is 13.2 Å². The van der Waals surface area contributed by atoms with Crippen LogP contribution < -0.4 is 0 Å². The first kappa shape index (κ1) is 24.1. The molecule has 3 aliphatic rings. The number of aliphatic hydroxyl groups excluding tert-OH is 9. The van der Waals surface area contributed by atoms with Gasteiger partial charge < -0.3 is 69.6 Å². The first-order chi connectivity index (χ1) is 14.1. The molecule has 3 rings (SSSR count). The quantitative estimate of drug-likeness (QED) is 0.192. The standard InChI is InChI=1S/C16H28O14/c17-4-1-26-16(12(23)7(4)18)30-6-3-28-15(13(24)9(6)20)27-2-5-8(19)10(21)11(22)14(25)29-5/h4-25H,1-3H2/t4-,5-,6+,7+,8-,9+,10+,11-,12-,13-,14?,15?,16?/m1/s1. The van der Waals surface area contributed by atoms with E-state index in [0.29, 0.717) is 0 Å². The summed E-state index contributed by atoms with van der Waals surface area (Å²) >= 11 is 0. The number of hydrogen-bond acceptors (Lipinski definition) is 14. The molecule has 176 valence electrons. The monoisotopic (exact) mass is 444 g/mol. The van der Waals surface area contributed by atoms with Crippen LogP contribution >= 0.6 is 0 Å². The van der Waals surface area contributed by atoms with Crippen LogP contribution in [0, 0.1) is 0 Å². The summed E-state index contributed by atoms with van der Waals surface area (Å²) in [6, 6.07) is 0. The molecule has 0 aromatic carbocycles. The lowest BCUT2D eigenvalue weighted by atomic mass is 9.99. The highest BCUT2D eigenvalue weighted by Crippen LogP contribution is 2.25. The lowest BCUT2D eigenvalue weighted by molar-refractivity contribution is -0.337. The largest absolute Gasteiger partial charge is 0.388 e. The molecule has 9 N–H and O–H groups in total. The molecule has 30 heavy (non-hydrogen) atoms. The fourth-order valence-electron chi connectivity index (χ4n) is 3.36. The van der Waals surface area contributed by atoms with Crippen LogP contribution in [0.25, 0.3) is 0 Å². The minimum absolute atomic E-state index is 0.309. The van der Waals surface area contributed by atoms with Gasteiger partial charge in [-0.3, -0.25) is 0 Å². The van der Waals surface area contributed by atoms with Crippen LogP contribution in [0.2, 0.25) is 0 Å². The Morgan fingerprint density at radius 1 is 0.633 bits per heavy atom. The fraction of sp³-hybridized carbons (Fsp3) is 1.00. The van der Waals surface area contributed by atoms with Crippen molar-refractivity contribution in [1.29, 1.82) is 0 Å². The van der Waals surface area contributed by atoms with E-state index in [1.54, 1.807) is 0 Å². The van der Waals surface area contributed by atoms with Gasteiger partial charge in [-0.15, -0.1) is 0 Å². The fourth-order valence-corrected chi connectivity index (χ4v) is 3.36. The smallest absolute Gasteiger partial charge is 0.186 e. The third kappa shape index (κ3) is 4.92. The molecule has 0 spiro atoms. The lowest BCUT2D eigenvalue weighted by Crippen LogP contribution is -2.61. The third-order valence-electron chi connectivity index (χ3n) is 5.31. The second-order valence-corrected chi connectivity index (χ2v) is 7.48. The van der Waals surface area contributed by atoms with Crippen LogP contribution in [-0.2, 0) is 23.7 Å². The Hall–Kier alpha value is -0.560. The van der Waals surface area contributed by atoms with Gasteiger partial charge in [-0.2, -0.15) is 0 Å². The number of hydrogen-bond donors (Lipinski definition) is 9. The van der Waals surface area contributed by atoms with Crippen molar-refractivity contribution in [3.63, 3.8) is 0 Å². The Morgan fingerprint density at radius 3 is 1.97 bits per heavy atom. The Morgan fingerprint density at radius 2 is 1.27 bits per heavy atom. The topological polar surface area (TPSA) is 228 Å². The van der Waals surface area contributed by atoms with Crippen molar-refractivity contribution in [2.24, 2.45) is 0 Å². The van der Waals surface area contributed by atoms with Crippen LogP contribution in [0.5, 0.6) is 0 Å². The van der Waals surface area contributed by atoms with Gasteiger partial charge in [0.15, 0.2) is 18.9 Å². The Balaban J connectivity index is 1.50. The molecule has 3 unspecified atom stereocenters. The highest BCUT2D eigenvalue weighted by Gasteiger charge is 2.47. The normalized spacial score (nSPS) is 52.9. The first-order valence-corrected chi connectivity index (χ1v) is 9.40. The van der Waals surface area contributed by atoms with Crippen molar-refractivity contribution in [3.8, 4) is 0 Å². The van der Waals surface area contributed by atoms with Gasteiger partial charge in [0.2, 0.25) is 0 Å². The summed E-state index contributed by atoms with van der Waals surface area (Å²) in [5.41, 5.74) is 0. The van der Waals surface area contributed by atoms with E-state index in [2.05, 4.69) is 0 Å². The molecule has 0 saturated carbocycles. The molecular formula is C16H28O14. The van der Waals surface area contributed by atoms with Crippen LogP contribution in [0.15, 0.2) is 0 Å². The van der Waals surface area contributed by atoms with Crippen molar-refractivity contribution in [3.05, 3.63) is 0 Å². The average Bonchev–Trinajstić information content (AvgIpc) is 2.72. The molecule has 3 aliphatic heterocycles. The molecule has 0 aliphatic carbocycles. The molecule has 14 nitrogen and oxygen atoms in total. The van der Waals surface area contributed by atoms with E-state index in [9.17, 15) is 46.0 Å². The van der Waals surface area contributed by atoms with Gasteiger partial charge in [-0.1, -0.05) is 0 Å². The second-order valence-electron chi connectivity index (χ2n) is 7.48. The number of ether oxygens (including phenoxy) is 5. The van der Waals surface area contributed by atoms with Crippen LogP contribution in [0.3, 0.4) is 0 Å². The Bertz CT molecular complexity index is 552. The maximum absolute atomic E-state index is 10.3. The molecule has 3 saturated heterocycles. The van der Waals surface area contributed by atoms with E-state index in [0.717, 1.165) is 0 Å². The maximum Gasteiger partial charge on any atom is 0.186 e. The van der Waals surface area contributed by atoms with Crippen molar-refractivity contribution in [1.82, 2.24) is 0 Å². The predicted octanol–water partition coefficient (Wildman–Crippen LogP) is -6.29. The van der Waals surface area contributed by atoms with Gasteiger partial charge in [-0.25, -0.2) is 0 Å². The molecule has 0 aromatic heterocycles. The molecule has 0 aromatic rings. The summed E-state index contributed by atoms with van der Waals surface area (Å²) in [6.45, 7) is -1.08. The van der Waals surface area contributed by atoms with Gasteiger partial charge >= 0.3 is 0 Å². The minimum Gasteiger partial charge on any atom is -0.388 e. The summed E-state index contributed by atoms with van der Waals surface area (Å²) in [7, 11) is 0. The summed E-state index contributed by atoms with van der Waals surface area (Å²) in [6.07, 6.45) is -19.5. The molecule has 3 heterocycles. The van der Waals surface area contributed by atoms with Crippen LogP contribution in [0.1, 0.15) is 0 Å². The molecule has 0 amide bonds. The number of aliphatic hydroxyl groups is 9. The molecular weight excluding hydrogens is 416 g/mol. The zero-order chi connectivity index (χ0) is 22.2. The average molecular weight is 444 g/mol. The SMILES string of the molecule is OC1O[C@H](COC2OC[C@H](OC3OC[C@@H](O)[C@H](O)[C@H]3O)[C@H](O)[C@H]2O)[C@@H](O)[C@H](O)[C@H]1O. The van der Waals surface area contributed by atoms with Crippen molar-refractivity contribution in [2.75, 3.05) is 19.8 Å². The molecule has 0 bridgehead atoms. The van der Waals surface area contributed by atoms with Gasteiger partial charge in [-0.05, 0) is 0 Å². The maximum atomic E-state index is 10.3. The lowest BCUT2D eigenvalue weighted by Gasteiger charge is -2.42. The first-order valence-electron chi connectivity index (χ1n) is 9.40. The van der Waals surface area contributed by atoms with E-state index >= 15 is 0 Å². The van der Waals surface area contributed by atoms with Crippen molar-refractivity contribution >= 4 is 0 Å². The minimum atomic E-state index is -1.76. The zero-order valence-corrected chi connectivity index (χ0v) is 15.7. The Labute approximate surface area is 170 Å². The summed E-state index contributed by atoms with van der Waals surface area (Å²) < 4.78 is 25.9. The van der Waals surface area contributed by atoms with Gasteiger partial charge in [0.05, 0.1) is 19.8 Å². The van der Waals surface area contributed by atoms with Gasteiger partial charge in [0, 0.05) is 0 Å². The summed E-state index contributed by atoms with van der Waals surface area (Å²) in [5, 5.41) is 88.0. The highest BCUT2D eigenvalue weighted by atomic mass is 16.7. The second kappa shape index (κ2) is 9.93. The molecule has 14 heteroatoms. The molecule has 0 radical (unpaired) electrons. The Kier molecular flexibility index (Phi) is 7.97. The summed E-state index contributed by atoms with van der Waals surface area (Å²) in [4.78, 5) is 0. The van der Waals surface area contributed by atoms with Crippen molar-refractivity contribution in [2.45, 2.75) is 79.9 Å². The highest BCUT2D eigenvalue weighted by molar-refractivity contribution is 4.90. The van der Waals surface area contributed by atoms with E-state index in [1.165, 1.54) is 0 Å². The zero-order valence-electron chi connectivity index (χ0n) is 15.7. The third-order valence-corrected chi connectivity index (χ3v) is 5.31. The van der Waals surface area contributed by atoms with Gasteiger partial charge in [0.25, 0.3) is 0 Å². The predicted molar refractivity (Wildman–Crippen MR) is 89.2 cm³/mol. The van der Waals surface area contributed by atoms with E-state index in [1.807, 2.05) is 0 Å². The van der Waals surface area contributed by atoms with Crippen molar-refractivity contribution < 1.29 is 69.6 Å². The van der Waals surface area contributed by atoms with Gasteiger partial charge in [0.1, 0.15) is 61.0 Å². The molecule has 3 fully saturated rings. The van der Waals surface area contributed by atoms with Crippen LogP contribution in [-0.4, -0.2) is 146 Å².